The van der Waals surface area contributed by atoms with Gasteiger partial charge in [-0.25, -0.2) is 0 Å². The first-order valence-corrected chi connectivity index (χ1v) is 6.31. The fourth-order valence-corrected chi connectivity index (χ4v) is 2.07. The van der Waals surface area contributed by atoms with Crippen molar-refractivity contribution in [3.8, 4) is 11.5 Å². The summed E-state index contributed by atoms with van der Waals surface area (Å²) >= 11 is 3.36. The highest BCUT2D eigenvalue weighted by Gasteiger charge is 2.15. The summed E-state index contributed by atoms with van der Waals surface area (Å²) in [6, 6.07) is 11.6. The van der Waals surface area contributed by atoms with E-state index in [4.69, 9.17) is 10.5 Å². The molecule has 0 aromatic heterocycles. The van der Waals surface area contributed by atoms with E-state index >= 15 is 0 Å². The van der Waals surface area contributed by atoms with Gasteiger partial charge in [-0.2, -0.15) is 0 Å². The molecule has 0 aliphatic rings. The van der Waals surface area contributed by atoms with Crippen molar-refractivity contribution in [3.05, 3.63) is 62.6 Å². The smallest absolute Gasteiger partial charge is 0.311 e. The number of benzene rings is 2. The van der Waals surface area contributed by atoms with Crippen LogP contribution in [0.1, 0.15) is 5.56 Å². The number of rotatable bonds is 4. The van der Waals surface area contributed by atoms with Crippen LogP contribution in [-0.2, 0) is 6.54 Å². The number of hydrogen-bond acceptors (Lipinski definition) is 4. The highest BCUT2D eigenvalue weighted by Crippen LogP contribution is 2.35. The van der Waals surface area contributed by atoms with Crippen LogP contribution in [0.25, 0.3) is 0 Å². The third-order valence-corrected chi connectivity index (χ3v) is 3.13. The van der Waals surface area contributed by atoms with E-state index in [1.54, 1.807) is 24.3 Å². The number of para-hydroxylation sites is 2. The lowest BCUT2D eigenvalue weighted by atomic mass is 10.2. The molecule has 0 aliphatic heterocycles. The SMILES string of the molecule is NCc1ccc(Oc2ccccc2[N+](=O)[O-])c(Br)c1. The quantitative estimate of drug-likeness (QED) is 0.689. The van der Waals surface area contributed by atoms with Gasteiger partial charge in [0.1, 0.15) is 5.75 Å². The Hall–Kier alpha value is -1.92. The van der Waals surface area contributed by atoms with Crippen molar-refractivity contribution in [3.63, 3.8) is 0 Å². The average molecular weight is 323 g/mol. The zero-order valence-electron chi connectivity index (χ0n) is 9.88. The Bertz CT molecular complexity index is 617. The summed E-state index contributed by atoms with van der Waals surface area (Å²) in [4.78, 5) is 10.4. The van der Waals surface area contributed by atoms with Crippen LogP contribution >= 0.6 is 15.9 Å². The lowest BCUT2D eigenvalue weighted by Gasteiger charge is -2.09. The number of nitrogens with zero attached hydrogens (tertiary/aromatic N) is 1. The zero-order valence-corrected chi connectivity index (χ0v) is 11.5. The molecule has 0 atom stereocenters. The van der Waals surface area contributed by atoms with Gasteiger partial charge in [-0.15, -0.1) is 0 Å². The molecule has 0 saturated heterocycles. The molecule has 0 spiro atoms. The Kier molecular flexibility index (Phi) is 4.13. The highest BCUT2D eigenvalue weighted by molar-refractivity contribution is 9.10. The summed E-state index contributed by atoms with van der Waals surface area (Å²) in [6.07, 6.45) is 0. The first-order chi connectivity index (χ1) is 9.11. The Morgan fingerprint density at radius 1 is 1.21 bits per heavy atom. The molecule has 0 fully saturated rings. The molecule has 5 nitrogen and oxygen atoms in total. The van der Waals surface area contributed by atoms with Crippen molar-refractivity contribution >= 4 is 21.6 Å². The second-order valence-corrected chi connectivity index (χ2v) is 4.65. The maximum absolute atomic E-state index is 10.9. The molecule has 0 saturated carbocycles. The van der Waals surface area contributed by atoms with Crippen LogP contribution in [0.4, 0.5) is 5.69 Å². The van der Waals surface area contributed by atoms with E-state index in [0.29, 0.717) is 16.8 Å². The summed E-state index contributed by atoms with van der Waals surface area (Å²) in [6.45, 7) is 0.421. The lowest BCUT2D eigenvalue weighted by Crippen LogP contribution is -1.97. The molecular weight excluding hydrogens is 312 g/mol. The third-order valence-electron chi connectivity index (χ3n) is 2.51. The lowest BCUT2D eigenvalue weighted by molar-refractivity contribution is -0.385. The third kappa shape index (κ3) is 3.10. The average Bonchev–Trinajstić information content (AvgIpc) is 2.41. The predicted octanol–water partition coefficient (Wildman–Crippen LogP) is 3.61. The van der Waals surface area contributed by atoms with Crippen LogP contribution in [-0.4, -0.2) is 4.92 Å². The van der Waals surface area contributed by atoms with E-state index in [2.05, 4.69) is 15.9 Å². The normalized spacial score (nSPS) is 10.2. The molecule has 0 amide bonds. The number of halogens is 1. The van der Waals surface area contributed by atoms with E-state index < -0.39 is 4.92 Å². The van der Waals surface area contributed by atoms with E-state index in [9.17, 15) is 10.1 Å². The minimum atomic E-state index is -0.475. The summed E-state index contributed by atoms with van der Waals surface area (Å²) in [7, 11) is 0. The molecule has 0 heterocycles. The Morgan fingerprint density at radius 2 is 1.95 bits per heavy atom. The standard InChI is InChI=1S/C13H11BrN2O3/c14-10-7-9(8-15)5-6-12(10)19-13-4-2-1-3-11(13)16(17)18/h1-7H,8,15H2. The number of ether oxygens (including phenoxy) is 1. The minimum Gasteiger partial charge on any atom is -0.449 e. The Morgan fingerprint density at radius 3 is 2.58 bits per heavy atom. The van der Waals surface area contributed by atoms with Crippen LogP contribution in [0, 0.1) is 10.1 Å². The fraction of sp³-hybridized carbons (Fsp3) is 0.0769. The highest BCUT2D eigenvalue weighted by atomic mass is 79.9. The van der Waals surface area contributed by atoms with Gasteiger partial charge in [0, 0.05) is 12.6 Å². The molecule has 2 aromatic rings. The zero-order chi connectivity index (χ0) is 13.8. The molecule has 2 aromatic carbocycles. The number of hydrogen-bond donors (Lipinski definition) is 1. The molecule has 2 rings (SSSR count). The van der Waals surface area contributed by atoms with Crippen LogP contribution in [0.5, 0.6) is 11.5 Å². The number of nitro groups is 1. The molecule has 0 bridgehead atoms. The summed E-state index contributed by atoms with van der Waals surface area (Å²) in [5.41, 5.74) is 6.41. The van der Waals surface area contributed by atoms with Gasteiger partial charge in [0.15, 0.2) is 0 Å². The Balaban J connectivity index is 2.34. The summed E-state index contributed by atoms with van der Waals surface area (Å²) in [5, 5.41) is 10.9. The second kappa shape index (κ2) is 5.81. The summed E-state index contributed by atoms with van der Waals surface area (Å²) in [5.74, 6) is 0.709. The maximum Gasteiger partial charge on any atom is 0.311 e. The summed E-state index contributed by atoms with van der Waals surface area (Å²) < 4.78 is 6.27. The first-order valence-electron chi connectivity index (χ1n) is 5.51. The first kappa shape index (κ1) is 13.5. The van der Waals surface area contributed by atoms with Gasteiger partial charge >= 0.3 is 5.69 Å². The van der Waals surface area contributed by atoms with Gasteiger partial charge in [0.2, 0.25) is 5.75 Å². The van der Waals surface area contributed by atoms with Crippen LogP contribution in [0.2, 0.25) is 0 Å². The molecule has 98 valence electrons. The maximum atomic E-state index is 10.9. The molecule has 0 radical (unpaired) electrons. The minimum absolute atomic E-state index is 0.0719. The molecule has 0 unspecified atom stereocenters. The van der Waals surface area contributed by atoms with Gasteiger partial charge in [-0.05, 0) is 39.7 Å². The number of nitrogens with two attached hydrogens (primary N) is 1. The van der Waals surface area contributed by atoms with Crippen molar-refractivity contribution in [2.45, 2.75) is 6.54 Å². The van der Waals surface area contributed by atoms with Crippen LogP contribution in [0.3, 0.4) is 0 Å². The van der Waals surface area contributed by atoms with Gasteiger partial charge < -0.3 is 10.5 Å². The predicted molar refractivity (Wildman–Crippen MR) is 75.2 cm³/mol. The molecule has 19 heavy (non-hydrogen) atoms. The molecule has 0 aliphatic carbocycles. The van der Waals surface area contributed by atoms with E-state index in [1.165, 1.54) is 6.07 Å². The second-order valence-electron chi connectivity index (χ2n) is 3.80. The van der Waals surface area contributed by atoms with E-state index in [1.807, 2.05) is 12.1 Å². The van der Waals surface area contributed by atoms with Crippen LogP contribution in [0.15, 0.2) is 46.9 Å². The van der Waals surface area contributed by atoms with Crippen molar-refractivity contribution in [2.24, 2.45) is 5.73 Å². The molecule has 6 heteroatoms. The van der Waals surface area contributed by atoms with Crippen molar-refractivity contribution < 1.29 is 9.66 Å². The molecular formula is C13H11BrN2O3. The van der Waals surface area contributed by atoms with Crippen LogP contribution < -0.4 is 10.5 Å². The van der Waals surface area contributed by atoms with Gasteiger partial charge in [0.25, 0.3) is 0 Å². The van der Waals surface area contributed by atoms with E-state index in [0.717, 1.165) is 5.56 Å². The Labute approximate surface area is 118 Å². The van der Waals surface area contributed by atoms with Crippen molar-refractivity contribution in [1.82, 2.24) is 0 Å². The van der Waals surface area contributed by atoms with E-state index in [-0.39, 0.29) is 11.4 Å². The monoisotopic (exact) mass is 322 g/mol. The number of nitro benzene ring substituents is 1. The van der Waals surface area contributed by atoms with Gasteiger partial charge in [-0.3, -0.25) is 10.1 Å². The van der Waals surface area contributed by atoms with Crippen molar-refractivity contribution in [1.29, 1.82) is 0 Å². The van der Waals surface area contributed by atoms with Gasteiger partial charge in [-0.1, -0.05) is 18.2 Å². The van der Waals surface area contributed by atoms with Gasteiger partial charge in [0.05, 0.1) is 9.40 Å². The fourth-order valence-electron chi connectivity index (χ4n) is 1.57. The topological polar surface area (TPSA) is 78.4 Å². The largest absolute Gasteiger partial charge is 0.449 e. The molecule has 2 N–H and O–H groups in total. The van der Waals surface area contributed by atoms with Crippen molar-refractivity contribution in [2.75, 3.05) is 0 Å².